The van der Waals surface area contributed by atoms with Gasteiger partial charge in [-0.05, 0) is 31.6 Å². The number of carbonyl (C=O) groups excluding carboxylic acids is 2. The summed E-state index contributed by atoms with van der Waals surface area (Å²) in [6.07, 6.45) is 7.02. The minimum atomic E-state index is 0.241. The van der Waals surface area contributed by atoms with Gasteiger partial charge in [-0.3, -0.25) is 9.59 Å². The molecular formula is C18H37NO2. The van der Waals surface area contributed by atoms with E-state index in [1.807, 2.05) is 32.7 Å². The van der Waals surface area contributed by atoms with Crippen molar-refractivity contribution in [3.05, 3.63) is 0 Å². The van der Waals surface area contributed by atoms with Crippen molar-refractivity contribution in [2.45, 2.75) is 86.0 Å². The van der Waals surface area contributed by atoms with Gasteiger partial charge in [0.05, 0.1) is 0 Å². The fourth-order valence-corrected chi connectivity index (χ4v) is 2.00. The molecule has 0 saturated heterocycles. The largest absolute Gasteiger partial charge is 0.346 e. The van der Waals surface area contributed by atoms with Crippen LogP contribution in [0.1, 0.15) is 86.0 Å². The minimum Gasteiger partial charge on any atom is -0.346 e. The maximum Gasteiger partial charge on any atom is 0.222 e. The van der Waals surface area contributed by atoms with Crippen molar-refractivity contribution in [2.75, 3.05) is 13.6 Å². The van der Waals surface area contributed by atoms with Crippen molar-refractivity contribution in [1.29, 1.82) is 0 Å². The van der Waals surface area contributed by atoms with Crippen LogP contribution < -0.4 is 0 Å². The summed E-state index contributed by atoms with van der Waals surface area (Å²) in [5, 5.41) is 0. The van der Waals surface area contributed by atoms with E-state index in [0.29, 0.717) is 31.0 Å². The van der Waals surface area contributed by atoms with Crippen LogP contribution in [0.15, 0.2) is 0 Å². The lowest BCUT2D eigenvalue weighted by atomic mass is 10.1. The van der Waals surface area contributed by atoms with Crippen LogP contribution in [0.3, 0.4) is 0 Å². The monoisotopic (exact) mass is 299 g/mol. The summed E-state index contributed by atoms with van der Waals surface area (Å²) in [6, 6.07) is 0. The van der Waals surface area contributed by atoms with Crippen molar-refractivity contribution in [3.8, 4) is 0 Å². The normalized spacial score (nSPS) is 10.0. The molecule has 0 aromatic rings. The zero-order valence-corrected chi connectivity index (χ0v) is 15.2. The van der Waals surface area contributed by atoms with Gasteiger partial charge in [-0.15, -0.1) is 0 Å². The van der Waals surface area contributed by atoms with Gasteiger partial charge < -0.3 is 4.90 Å². The van der Waals surface area contributed by atoms with Gasteiger partial charge in [-0.1, -0.05) is 41.0 Å². The topological polar surface area (TPSA) is 37.4 Å². The molecule has 0 atom stereocenters. The van der Waals surface area contributed by atoms with Crippen LogP contribution in [0.4, 0.5) is 0 Å². The number of Topliss-reactive ketones (excluding diaryl/α,β-unsaturated/α-hetero) is 1. The molecule has 0 saturated carbocycles. The molecule has 1 amide bonds. The van der Waals surface area contributed by atoms with Crippen LogP contribution in [0, 0.1) is 5.92 Å². The van der Waals surface area contributed by atoms with Crippen molar-refractivity contribution in [3.63, 3.8) is 0 Å². The van der Waals surface area contributed by atoms with E-state index in [-0.39, 0.29) is 5.91 Å². The molecule has 126 valence electrons. The van der Waals surface area contributed by atoms with E-state index in [1.54, 1.807) is 0 Å². The van der Waals surface area contributed by atoms with E-state index in [9.17, 15) is 9.59 Å². The van der Waals surface area contributed by atoms with Crippen LogP contribution in [0.25, 0.3) is 0 Å². The Morgan fingerprint density at radius 2 is 1.52 bits per heavy atom. The summed E-state index contributed by atoms with van der Waals surface area (Å²) < 4.78 is 0. The number of unbranched alkanes of at least 4 members (excludes halogenated alkanes) is 2. The van der Waals surface area contributed by atoms with E-state index < -0.39 is 0 Å². The van der Waals surface area contributed by atoms with Crippen LogP contribution in [-0.2, 0) is 9.59 Å². The number of ketones is 1. The van der Waals surface area contributed by atoms with Crippen LogP contribution in [0.2, 0.25) is 0 Å². The van der Waals surface area contributed by atoms with Gasteiger partial charge in [-0.25, -0.2) is 0 Å². The second-order valence-corrected chi connectivity index (χ2v) is 5.80. The average Bonchev–Trinajstić information content (AvgIpc) is 2.47. The van der Waals surface area contributed by atoms with Crippen LogP contribution >= 0.6 is 0 Å². The zero-order chi connectivity index (χ0) is 16.7. The smallest absolute Gasteiger partial charge is 0.222 e. The lowest BCUT2D eigenvalue weighted by Crippen LogP contribution is -2.27. The predicted octanol–water partition coefficient (Wildman–Crippen LogP) is 4.84. The lowest BCUT2D eigenvalue weighted by molar-refractivity contribution is -0.130. The molecule has 0 aliphatic rings. The molecule has 0 fully saturated rings. The molecule has 0 N–H and O–H groups in total. The fourth-order valence-electron chi connectivity index (χ4n) is 2.00. The predicted molar refractivity (Wildman–Crippen MR) is 91.4 cm³/mol. The second-order valence-electron chi connectivity index (χ2n) is 5.80. The SMILES string of the molecule is CC.CCC(=O)CCCCCC(=O)N(C)CCCC(C)C. The van der Waals surface area contributed by atoms with Gasteiger partial charge in [0, 0.05) is 32.9 Å². The molecule has 0 unspecified atom stereocenters. The highest BCUT2D eigenvalue weighted by atomic mass is 16.2. The number of amides is 1. The molecule has 0 aromatic carbocycles. The summed E-state index contributed by atoms with van der Waals surface area (Å²) in [6.45, 7) is 11.2. The van der Waals surface area contributed by atoms with Crippen molar-refractivity contribution >= 4 is 11.7 Å². The quantitative estimate of drug-likeness (QED) is 0.512. The molecular weight excluding hydrogens is 262 g/mol. The van der Waals surface area contributed by atoms with E-state index in [4.69, 9.17) is 0 Å². The van der Waals surface area contributed by atoms with Gasteiger partial charge in [-0.2, -0.15) is 0 Å². The minimum absolute atomic E-state index is 0.241. The molecule has 0 aromatic heterocycles. The molecule has 3 nitrogen and oxygen atoms in total. The molecule has 0 aliphatic carbocycles. The number of hydrogen-bond acceptors (Lipinski definition) is 2. The first-order valence-electron chi connectivity index (χ1n) is 8.73. The first kappa shape index (κ1) is 22.4. The molecule has 0 heterocycles. The summed E-state index contributed by atoms with van der Waals surface area (Å²) in [5.74, 6) is 1.28. The Morgan fingerprint density at radius 3 is 2.05 bits per heavy atom. The van der Waals surface area contributed by atoms with Crippen molar-refractivity contribution < 1.29 is 9.59 Å². The highest BCUT2D eigenvalue weighted by Crippen LogP contribution is 2.08. The Hall–Kier alpha value is -0.860. The number of nitrogens with zero attached hydrogens (tertiary/aromatic N) is 1. The maximum atomic E-state index is 11.8. The van der Waals surface area contributed by atoms with Gasteiger partial charge in [0.1, 0.15) is 5.78 Å². The van der Waals surface area contributed by atoms with Gasteiger partial charge >= 0.3 is 0 Å². The zero-order valence-electron chi connectivity index (χ0n) is 15.2. The molecule has 0 aliphatic heterocycles. The van der Waals surface area contributed by atoms with E-state index in [0.717, 1.165) is 32.2 Å². The van der Waals surface area contributed by atoms with Crippen molar-refractivity contribution in [2.24, 2.45) is 5.92 Å². The molecule has 21 heavy (non-hydrogen) atoms. The number of hydrogen-bond donors (Lipinski definition) is 0. The number of carbonyl (C=O) groups is 2. The Balaban J connectivity index is 0. The van der Waals surface area contributed by atoms with Gasteiger partial charge in [0.2, 0.25) is 5.91 Å². The fraction of sp³-hybridized carbons (Fsp3) is 0.889. The third-order valence-electron chi connectivity index (χ3n) is 3.44. The molecule has 0 bridgehead atoms. The highest BCUT2D eigenvalue weighted by molar-refractivity contribution is 5.78. The molecule has 0 radical (unpaired) electrons. The molecule has 0 spiro atoms. The highest BCUT2D eigenvalue weighted by Gasteiger charge is 2.08. The summed E-state index contributed by atoms with van der Waals surface area (Å²) >= 11 is 0. The third-order valence-corrected chi connectivity index (χ3v) is 3.44. The van der Waals surface area contributed by atoms with E-state index in [2.05, 4.69) is 13.8 Å². The molecule has 0 rings (SSSR count). The van der Waals surface area contributed by atoms with E-state index in [1.165, 1.54) is 6.42 Å². The summed E-state index contributed by atoms with van der Waals surface area (Å²) in [7, 11) is 1.89. The molecule has 3 heteroatoms. The lowest BCUT2D eigenvalue weighted by Gasteiger charge is -2.17. The summed E-state index contributed by atoms with van der Waals surface area (Å²) in [4.78, 5) is 24.8. The Bertz CT molecular complexity index is 262. The summed E-state index contributed by atoms with van der Waals surface area (Å²) in [5.41, 5.74) is 0. The van der Waals surface area contributed by atoms with Gasteiger partial charge in [0.25, 0.3) is 0 Å². The second kappa shape index (κ2) is 15.5. The standard InChI is InChI=1S/C16H31NO2.C2H6/c1-5-15(18)11-7-6-8-12-16(19)17(4)13-9-10-14(2)3;1-2/h14H,5-13H2,1-4H3;1-2H3. The first-order chi connectivity index (χ1) is 9.97. The average molecular weight is 299 g/mol. The Kier molecular flexibility index (Phi) is 16.6. The first-order valence-corrected chi connectivity index (χ1v) is 8.73. The van der Waals surface area contributed by atoms with Gasteiger partial charge in [0.15, 0.2) is 0 Å². The van der Waals surface area contributed by atoms with Crippen LogP contribution in [0.5, 0.6) is 0 Å². The van der Waals surface area contributed by atoms with E-state index >= 15 is 0 Å². The Morgan fingerprint density at radius 1 is 0.952 bits per heavy atom. The van der Waals surface area contributed by atoms with Crippen LogP contribution in [-0.4, -0.2) is 30.2 Å². The maximum absolute atomic E-state index is 11.8. The van der Waals surface area contributed by atoms with Crippen molar-refractivity contribution in [1.82, 2.24) is 4.90 Å². The third kappa shape index (κ3) is 15.3. The Labute approximate surface area is 132 Å². The number of rotatable bonds is 11.